The maximum Gasteiger partial charge on any atom is 0.264 e. The third-order valence-corrected chi connectivity index (χ3v) is 2.61. The molecule has 0 saturated heterocycles. The molecular weight excluding hydrogens is 283 g/mol. The number of rotatable bonds is 3. The normalized spacial score (nSPS) is 13.7. The molecular formula is C9H7F5O3S. The summed E-state index contributed by atoms with van der Waals surface area (Å²) < 4.78 is 90.5. The maximum atomic E-state index is 13.2. The predicted molar refractivity (Wildman–Crippen MR) is 50.6 cm³/mol. The van der Waals surface area contributed by atoms with Gasteiger partial charge in [0.25, 0.3) is 10.1 Å². The molecule has 9 heteroatoms. The number of benzene rings is 1. The lowest BCUT2D eigenvalue weighted by Gasteiger charge is -2.14. The number of halogens is 5. The Kier molecular flexibility index (Phi) is 3.96. The molecule has 0 aliphatic rings. The Morgan fingerprint density at radius 1 is 0.889 bits per heavy atom. The van der Waals surface area contributed by atoms with Crippen molar-refractivity contribution in [3.05, 3.63) is 34.6 Å². The van der Waals surface area contributed by atoms with E-state index >= 15 is 0 Å². The predicted octanol–water partition coefficient (Wildman–Crippen LogP) is 2.42. The molecule has 1 rings (SSSR count). The quantitative estimate of drug-likeness (QED) is 0.371. The molecule has 0 radical (unpaired) electrons. The van der Waals surface area contributed by atoms with Gasteiger partial charge >= 0.3 is 0 Å². The zero-order valence-electron chi connectivity index (χ0n) is 9.10. The van der Waals surface area contributed by atoms with Gasteiger partial charge in [-0.1, -0.05) is 0 Å². The average molecular weight is 290 g/mol. The fourth-order valence-corrected chi connectivity index (χ4v) is 1.91. The number of hydrogen-bond donors (Lipinski definition) is 0. The first-order chi connectivity index (χ1) is 8.06. The minimum absolute atomic E-state index is 0.579. The molecule has 0 aliphatic heterocycles. The van der Waals surface area contributed by atoms with Crippen LogP contribution in [0.5, 0.6) is 0 Å². The highest BCUT2D eigenvalue weighted by Crippen LogP contribution is 2.30. The Labute approximate surface area is 99.3 Å². The molecule has 3 nitrogen and oxygen atoms in total. The molecule has 0 N–H and O–H groups in total. The van der Waals surface area contributed by atoms with E-state index in [1.54, 1.807) is 0 Å². The van der Waals surface area contributed by atoms with Crippen LogP contribution < -0.4 is 0 Å². The second-order valence-corrected chi connectivity index (χ2v) is 5.03. The third-order valence-electron chi connectivity index (χ3n) is 1.97. The Morgan fingerprint density at radius 3 is 1.56 bits per heavy atom. The first-order valence-corrected chi connectivity index (χ1v) is 6.27. The molecule has 0 amide bonds. The van der Waals surface area contributed by atoms with Crippen LogP contribution in [0.4, 0.5) is 22.0 Å². The van der Waals surface area contributed by atoms with Gasteiger partial charge in [0.1, 0.15) is 6.10 Å². The smallest absolute Gasteiger partial charge is 0.262 e. The van der Waals surface area contributed by atoms with Gasteiger partial charge in [-0.3, -0.25) is 4.18 Å². The standard InChI is InChI=1S/C9H7F5O3S/c1-3(17-18(2,15)16)4-5(10)7(12)9(14)8(13)6(4)11/h3H,1-2H3/t3-/m0/s1. The topological polar surface area (TPSA) is 43.4 Å². The van der Waals surface area contributed by atoms with E-state index in [9.17, 15) is 30.4 Å². The monoisotopic (exact) mass is 290 g/mol. The maximum absolute atomic E-state index is 13.2. The van der Waals surface area contributed by atoms with Crippen LogP contribution in [0.2, 0.25) is 0 Å². The van der Waals surface area contributed by atoms with Gasteiger partial charge in [-0.15, -0.1) is 0 Å². The van der Waals surface area contributed by atoms with Crippen LogP contribution in [0.3, 0.4) is 0 Å². The summed E-state index contributed by atoms with van der Waals surface area (Å²) in [6.45, 7) is 0.847. The van der Waals surface area contributed by atoms with Crippen LogP contribution in [0.15, 0.2) is 0 Å². The first-order valence-electron chi connectivity index (χ1n) is 4.45. The van der Waals surface area contributed by atoms with Gasteiger partial charge in [-0.05, 0) is 6.92 Å². The highest BCUT2D eigenvalue weighted by atomic mass is 32.2. The van der Waals surface area contributed by atoms with Crippen LogP contribution in [0, 0.1) is 29.1 Å². The molecule has 102 valence electrons. The zero-order valence-corrected chi connectivity index (χ0v) is 9.92. The van der Waals surface area contributed by atoms with E-state index in [1.165, 1.54) is 0 Å². The summed E-state index contributed by atoms with van der Waals surface area (Å²) in [6, 6.07) is 0. The Bertz CT molecular complexity index is 555. The summed E-state index contributed by atoms with van der Waals surface area (Å²) >= 11 is 0. The lowest BCUT2D eigenvalue weighted by atomic mass is 10.1. The van der Waals surface area contributed by atoms with Crippen LogP contribution in [0.25, 0.3) is 0 Å². The van der Waals surface area contributed by atoms with E-state index < -0.39 is 50.9 Å². The summed E-state index contributed by atoms with van der Waals surface area (Å²) in [7, 11) is -4.11. The molecule has 0 spiro atoms. The summed E-state index contributed by atoms with van der Waals surface area (Å²) in [4.78, 5) is 0. The Balaban J connectivity index is 3.42. The van der Waals surface area contributed by atoms with Crippen LogP contribution >= 0.6 is 0 Å². The summed E-state index contributed by atoms with van der Waals surface area (Å²) in [5.41, 5.74) is -1.34. The second-order valence-electron chi connectivity index (χ2n) is 3.43. The van der Waals surface area contributed by atoms with Crippen molar-refractivity contribution >= 4 is 10.1 Å². The van der Waals surface area contributed by atoms with E-state index in [2.05, 4.69) is 4.18 Å². The zero-order chi connectivity index (χ0) is 14.2. The Morgan fingerprint density at radius 2 is 1.22 bits per heavy atom. The molecule has 18 heavy (non-hydrogen) atoms. The highest BCUT2D eigenvalue weighted by Gasteiger charge is 2.30. The van der Waals surface area contributed by atoms with Crippen molar-refractivity contribution in [1.82, 2.24) is 0 Å². The lowest BCUT2D eigenvalue weighted by molar-refractivity contribution is 0.218. The number of hydrogen-bond acceptors (Lipinski definition) is 3. The van der Waals surface area contributed by atoms with Gasteiger partial charge in [-0.25, -0.2) is 22.0 Å². The molecule has 0 bridgehead atoms. The molecule has 0 unspecified atom stereocenters. The van der Waals surface area contributed by atoms with Gasteiger partial charge in [0.05, 0.1) is 11.8 Å². The molecule has 1 aromatic carbocycles. The van der Waals surface area contributed by atoms with Gasteiger partial charge in [0.2, 0.25) is 5.82 Å². The van der Waals surface area contributed by atoms with Crippen molar-refractivity contribution in [3.63, 3.8) is 0 Å². The summed E-state index contributed by atoms with van der Waals surface area (Å²) in [5.74, 6) is -10.9. The van der Waals surface area contributed by atoms with E-state index in [0.717, 1.165) is 6.92 Å². The van der Waals surface area contributed by atoms with E-state index in [-0.39, 0.29) is 0 Å². The minimum Gasteiger partial charge on any atom is -0.262 e. The van der Waals surface area contributed by atoms with E-state index in [0.29, 0.717) is 6.26 Å². The summed E-state index contributed by atoms with van der Waals surface area (Å²) in [6.07, 6.45) is -1.26. The second kappa shape index (κ2) is 4.81. The van der Waals surface area contributed by atoms with Crippen molar-refractivity contribution in [2.75, 3.05) is 6.26 Å². The minimum atomic E-state index is -4.11. The Hall–Kier alpha value is -1.22. The average Bonchev–Trinajstić information content (AvgIpc) is 2.21. The fraction of sp³-hybridized carbons (Fsp3) is 0.333. The largest absolute Gasteiger partial charge is 0.264 e. The van der Waals surface area contributed by atoms with Crippen LogP contribution in [0.1, 0.15) is 18.6 Å². The van der Waals surface area contributed by atoms with Crippen LogP contribution in [-0.4, -0.2) is 14.7 Å². The molecule has 0 aliphatic carbocycles. The fourth-order valence-electron chi connectivity index (χ4n) is 1.29. The molecule has 1 aromatic rings. The van der Waals surface area contributed by atoms with Crippen molar-refractivity contribution in [2.24, 2.45) is 0 Å². The third kappa shape index (κ3) is 2.78. The van der Waals surface area contributed by atoms with Crippen molar-refractivity contribution < 1.29 is 34.6 Å². The van der Waals surface area contributed by atoms with Gasteiger partial charge in [0, 0.05) is 0 Å². The summed E-state index contributed by atoms with van der Waals surface area (Å²) in [5, 5.41) is 0. The van der Waals surface area contributed by atoms with Crippen molar-refractivity contribution in [2.45, 2.75) is 13.0 Å². The molecule has 0 heterocycles. The van der Waals surface area contributed by atoms with Gasteiger partial charge in [0.15, 0.2) is 23.3 Å². The molecule has 0 fully saturated rings. The van der Waals surface area contributed by atoms with Crippen LogP contribution in [-0.2, 0) is 14.3 Å². The van der Waals surface area contributed by atoms with Gasteiger partial charge in [-0.2, -0.15) is 8.42 Å². The van der Waals surface area contributed by atoms with E-state index in [4.69, 9.17) is 0 Å². The van der Waals surface area contributed by atoms with E-state index in [1.807, 2.05) is 0 Å². The molecule has 0 saturated carbocycles. The molecule has 0 aromatic heterocycles. The molecule has 1 atom stereocenters. The lowest BCUT2D eigenvalue weighted by Crippen LogP contribution is -2.14. The van der Waals surface area contributed by atoms with Crippen molar-refractivity contribution in [3.8, 4) is 0 Å². The first kappa shape index (κ1) is 14.8. The van der Waals surface area contributed by atoms with Gasteiger partial charge < -0.3 is 0 Å². The van der Waals surface area contributed by atoms with Crippen molar-refractivity contribution in [1.29, 1.82) is 0 Å². The SMILES string of the molecule is C[C@H](OS(C)(=O)=O)c1c(F)c(F)c(F)c(F)c1F. The highest BCUT2D eigenvalue weighted by molar-refractivity contribution is 7.86.